The van der Waals surface area contributed by atoms with Crippen molar-refractivity contribution in [2.75, 3.05) is 27.2 Å². The van der Waals surface area contributed by atoms with Gasteiger partial charge >= 0.3 is 5.97 Å². The molecule has 4 heteroatoms. The molecule has 0 aromatic carbocycles. The third-order valence-corrected chi connectivity index (χ3v) is 3.69. The molecule has 1 aliphatic rings. The fraction of sp³-hybridized carbons (Fsp3) is 0.923. The number of carbonyl (C=O) groups excluding carboxylic acids is 1. The number of rotatable bonds is 8. The second kappa shape index (κ2) is 6.97. The predicted octanol–water partition coefficient (Wildman–Crippen LogP) is 1.26. The van der Waals surface area contributed by atoms with Crippen LogP contribution >= 0.6 is 0 Å². The van der Waals surface area contributed by atoms with Crippen molar-refractivity contribution in [2.45, 2.75) is 45.2 Å². The topological polar surface area (TPSA) is 41.6 Å². The lowest BCUT2D eigenvalue weighted by Crippen LogP contribution is -2.40. The van der Waals surface area contributed by atoms with Gasteiger partial charge in [0.1, 0.15) is 6.04 Å². The summed E-state index contributed by atoms with van der Waals surface area (Å²) in [6.45, 7) is 5.50. The molecule has 1 N–H and O–H groups in total. The molecule has 1 rings (SSSR count). The van der Waals surface area contributed by atoms with Crippen molar-refractivity contribution < 1.29 is 9.53 Å². The summed E-state index contributed by atoms with van der Waals surface area (Å²) in [4.78, 5) is 13.9. The van der Waals surface area contributed by atoms with Crippen molar-refractivity contribution in [1.29, 1.82) is 0 Å². The van der Waals surface area contributed by atoms with Crippen molar-refractivity contribution in [3.05, 3.63) is 0 Å². The number of likely N-dealkylation sites (N-methyl/N-ethyl adjacent to an activating group) is 1. The van der Waals surface area contributed by atoms with E-state index in [1.807, 2.05) is 14.0 Å². The van der Waals surface area contributed by atoms with Crippen LogP contribution in [-0.4, -0.2) is 50.2 Å². The first kappa shape index (κ1) is 14.5. The fourth-order valence-electron chi connectivity index (χ4n) is 2.10. The lowest BCUT2D eigenvalue weighted by Gasteiger charge is -2.26. The molecule has 0 aromatic rings. The number of carbonyl (C=O) groups is 1. The smallest absolute Gasteiger partial charge is 0.323 e. The normalized spacial score (nSPS) is 19.1. The molecule has 0 saturated heterocycles. The first-order valence-electron chi connectivity index (χ1n) is 6.64. The van der Waals surface area contributed by atoms with Crippen molar-refractivity contribution >= 4 is 5.97 Å². The summed E-state index contributed by atoms with van der Waals surface area (Å²) in [6, 6.07) is 0.457. The molecule has 4 nitrogen and oxygen atoms in total. The third kappa shape index (κ3) is 4.64. The third-order valence-electron chi connectivity index (χ3n) is 3.69. The van der Waals surface area contributed by atoms with E-state index in [1.165, 1.54) is 12.8 Å². The van der Waals surface area contributed by atoms with Crippen LogP contribution in [0.4, 0.5) is 0 Å². The molecule has 17 heavy (non-hydrogen) atoms. The Morgan fingerprint density at radius 3 is 2.65 bits per heavy atom. The Balaban J connectivity index is 2.28. The van der Waals surface area contributed by atoms with Crippen LogP contribution in [0.3, 0.4) is 0 Å². The molecule has 0 aromatic heterocycles. The Morgan fingerprint density at radius 2 is 2.18 bits per heavy atom. The molecular formula is C13H26N2O2. The molecule has 0 aliphatic heterocycles. The van der Waals surface area contributed by atoms with Crippen LogP contribution in [0.5, 0.6) is 0 Å². The molecule has 0 radical (unpaired) electrons. The minimum Gasteiger partial charge on any atom is -0.465 e. The van der Waals surface area contributed by atoms with Crippen molar-refractivity contribution in [1.82, 2.24) is 10.2 Å². The molecular weight excluding hydrogens is 216 g/mol. The maximum atomic E-state index is 11.6. The van der Waals surface area contributed by atoms with Crippen LogP contribution in [-0.2, 0) is 9.53 Å². The second-order valence-corrected chi connectivity index (χ2v) is 4.94. The molecule has 100 valence electrons. The highest BCUT2D eigenvalue weighted by Crippen LogP contribution is 2.34. The first-order chi connectivity index (χ1) is 8.10. The van der Waals surface area contributed by atoms with Crippen LogP contribution in [0.25, 0.3) is 0 Å². The van der Waals surface area contributed by atoms with E-state index in [9.17, 15) is 4.79 Å². The summed E-state index contributed by atoms with van der Waals surface area (Å²) in [7, 11) is 3.95. The minimum atomic E-state index is -0.177. The average molecular weight is 242 g/mol. The maximum Gasteiger partial charge on any atom is 0.323 e. The highest BCUT2D eigenvalue weighted by atomic mass is 16.5. The molecule has 1 fully saturated rings. The molecule has 2 unspecified atom stereocenters. The zero-order valence-electron chi connectivity index (χ0n) is 11.5. The van der Waals surface area contributed by atoms with Crippen LogP contribution in [0, 0.1) is 5.92 Å². The first-order valence-corrected chi connectivity index (χ1v) is 6.64. The van der Waals surface area contributed by atoms with Crippen molar-refractivity contribution in [3.8, 4) is 0 Å². The second-order valence-electron chi connectivity index (χ2n) is 4.94. The number of esters is 1. The summed E-state index contributed by atoms with van der Waals surface area (Å²) >= 11 is 0. The van der Waals surface area contributed by atoms with Crippen molar-refractivity contribution in [2.24, 2.45) is 5.92 Å². The van der Waals surface area contributed by atoms with E-state index < -0.39 is 0 Å². The van der Waals surface area contributed by atoms with E-state index in [4.69, 9.17) is 4.74 Å². The van der Waals surface area contributed by atoms with Crippen molar-refractivity contribution in [3.63, 3.8) is 0 Å². The number of hydrogen-bond donors (Lipinski definition) is 1. The molecule has 0 amide bonds. The predicted molar refractivity (Wildman–Crippen MR) is 68.9 cm³/mol. The van der Waals surface area contributed by atoms with Gasteiger partial charge in [-0.3, -0.25) is 4.79 Å². The van der Waals surface area contributed by atoms with Gasteiger partial charge in [-0.1, -0.05) is 0 Å². The fourth-order valence-corrected chi connectivity index (χ4v) is 2.10. The van der Waals surface area contributed by atoms with Gasteiger partial charge in [-0.25, -0.2) is 0 Å². The quantitative estimate of drug-likeness (QED) is 0.651. The van der Waals surface area contributed by atoms with E-state index in [2.05, 4.69) is 24.2 Å². The highest BCUT2D eigenvalue weighted by Gasteiger charge is 2.30. The molecule has 0 heterocycles. The number of hydrogen-bond acceptors (Lipinski definition) is 4. The van der Waals surface area contributed by atoms with Gasteiger partial charge in [-0.05, 0) is 53.1 Å². The van der Waals surface area contributed by atoms with Crippen LogP contribution in [0.15, 0.2) is 0 Å². The molecule has 1 aliphatic carbocycles. The van der Waals surface area contributed by atoms with Gasteiger partial charge in [0.15, 0.2) is 0 Å². The zero-order chi connectivity index (χ0) is 12.8. The lowest BCUT2D eigenvalue weighted by molar-refractivity contribution is -0.145. The Hall–Kier alpha value is -0.610. The van der Waals surface area contributed by atoms with E-state index in [1.54, 1.807) is 0 Å². The average Bonchev–Trinajstić information content (AvgIpc) is 3.12. The maximum absolute atomic E-state index is 11.6. The van der Waals surface area contributed by atoms with E-state index >= 15 is 0 Å². The van der Waals surface area contributed by atoms with Crippen LogP contribution < -0.4 is 5.32 Å². The largest absolute Gasteiger partial charge is 0.465 e. The van der Waals surface area contributed by atoms with Gasteiger partial charge in [0.05, 0.1) is 6.61 Å². The SMILES string of the molecule is CCOC(=O)C(CCN(C)C(C)C1CC1)NC. The monoisotopic (exact) mass is 242 g/mol. The minimum absolute atomic E-state index is 0.137. The Kier molecular flexibility index (Phi) is 5.92. The molecule has 0 bridgehead atoms. The van der Waals surface area contributed by atoms with Gasteiger partial charge in [0, 0.05) is 12.6 Å². The van der Waals surface area contributed by atoms with E-state index in [0.717, 1.165) is 18.9 Å². The van der Waals surface area contributed by atoms with E-state index in [-0.39, 0.29) is 12.0 Å². The van der Waals surface area contributed by atoms with E-state index in [0.29, 0.717) is 12.6 Å². The number of nitrogens with one attached hydrogen (secondary N) is 1. The highest BCUT2D eigenvalue weighted by molar-refractivity contribution is 5.75. The van der Waals surface area contributed by atoms with Gasteiger partial charge in [0.25, 0.3) is 0 Å². The zero-order valence-corrected chi connectivity index (χ0v) is 11.5. The number of ether oxygens (including phenoxy) is 1. The van der Waals surface area contributed by atoms with Gasteiger partial charge in [-0.15, -0.1) is 0 Å². The molecule has 1 saturated carbocycles. The Labute approximate surface area is 105 Å². The molecule has 0 spiro atoms. The molecule has 2 atom stereocenters. The summed E-state index contributed by atoms with van der Waals surface area (Å²) in [6.07, 6.45) is 3.53. The Bertz CT molecular complexity index is 242. The van der Waals surface area contributed by atoms with Gasteiger partial charge in [0.2, 0.25) is 0 Å². The standard InChI is InChI=1S/C13H26N2O2/c1-5-17-13(16)12(14-3)8-9-15(4)10(2)11-6-7-11/h10-12,14H,5-9H2,1-4H3. The summed E-state index contributed by atoms with van der Waals surface area (Å²) in [5.41, 5.74) is 0. The number of nitrogens with zero attached hydrogens (tertiary/aromatic N) is 1. The summed E-state index contributed by atoms with van der Waals surface area (Å²) in [5, 5.41) is 3.02. The summed E-state index contributed by atoms with van der Waals surface area (Å²) < 4.78 is 5.03. The van der Waals surface area contributed by atoms with Crippen LogP contribution in [0.2, 0.25) is 0 Å². The van der Waals surface area contributed by atoms with Gasteiger partial charge < -0.3 is 15.0 Å². The van der Waals surface area contributed by atoms with Gasteiger partial charge in [-0.2, -0.15) is 0 Å². The summed E-state index contributed by atoms with van der Waals surface area (Å²) in [5.74, 6) is 0.734. The van der Waals surface area contributed by atoms with Crippen LogP contribution in [0.1, 0.15) is 33.1 Å². The lowest BCUT2D eigenvalue weighted by atomic mass is 10.1. The Morgan fingerprint density at radius 1 is 1.53 bits per heavy atom.